The summed E-state index contributed by atoms with van der Waals surface area (Å²) in [5.74, 6) is 0.624. The smallest absolute Gasteiger partial charge is 0.223 e. The zero-order valence-corrected chi connectivity index (χ0v) is 15.1. The van der Waals surface area contributed by atoms with Gasteiger partial charge >= 0.3 is 0 Å². The van der Waals surface area contributed by atoms with Crippen LogP contribution in [0.15, 0.2) is 42.7 Å². The molecule has 0 saturated carbocycles. The zero-order chi connectivity index (χ0) is 17.8. The second-order valence-corrected chi connectivity index (χ2v) is 6.37. The van der Waals surface area contributed by atoms with Crippen LogP contribution in [0.5, 0.6) is 0 Å². The molecule has 5 nitrogen and oxygen atoms in total. The Kier molecular flexibility index (Phi) is 5.03. The summed E-state index contributed by atoms with van der Waals surface area (Å²) in [6.45, 7) is 8.19. The van der Waals surface area contributed by atoms with Crippen LogP contribution < -0.4 is 5.32 Å². The first kappa shape index (κ1) is 17.0. The lowest BCUT2D eigenvalue weighted by atomic mass is 10.1. The lowest BCUT2D eigenvalue weighted by Gasteiger charge is -2.15. The van der Waals surface area contributed by atoms with Crippen molar-refractivity contribution in [2.45, 2.75) is 40.2 Å². The van der Waals surface area contributed by atoms with Gasteiger partial charge in [0.15, 0.2) is 0 Å². The number of nitrogens with one attached hydrogen (secondary N) is 1. The van der Waals surface area contributed by atoms with Gasteiger partial charge in [0, 0.05) is 47.5 Å². The molecular formula is C20H23N5. The van der Waals surface area contributed by atoms with Crippen molar-refractivity contribution >= 4 is 5.95 Å². The summed E-state index contributed by atoms with van der Waals surface area (Å²) in [5.41, 5.74) is 6.19. The van der Waals surface area contributed by atoms with E-state index in [1.165, 1.54) is 5.56 Å². The Morgan fingerprint density at radius 3 is 2.56 bits per heavy atom. The Hall–Kier alpha value is -2.82. The summed E-state index contributed by atoms with van der Waals surface area (Å²) >= 11 is 0. The Morgan fingerprint density at radius 1 is 0.960 bits per heavy atom. The van der Waals surface area contributed by atoms with Crippen LogP contribution in [0.1, 0.15) is 29.6 Å². The number of pyridine rings is 2. The first-order chi connectivity index (χ1) is 12.0. The number of rotatable bonds is 5. The number of anilines is 1. The van der Waals surface area contributed by atoms with Crippen LogP contribution in [0.2, 0.25) is 0 Å². The molecule has 0 saturated heterocycles. The maximum absolute atomic E-state index is 4.65. The van der Waals surface area contributed by atoms with Crippen LogP contribution in [0.25, 0.3) is 11.3 Å². The number of nitrogens with zero attached hydrogens (tertiary/aromatic N) is 4. The van der Waals surface area contributed by atoms with Gasteiger partial charge in [-0.3, -0.25) is 9.97 Å². The van der Waals surface area contributed by atoms with Crippen molar-refractivity contribution in [2.75, 3.05) is 5.32 Å². The Morgan fingerprint density at radius 2 is 1.80 bits per heavy atom. The number of aromatic nitrogens is 4. The average molecular weight is 333 g/mol. The highest BCUT2D eigenvalue weighted by Gasteiger charge is 2.10. The second kappa shape index (κ2) is 7.38. The minimum absolute atomic E-state index is 0.182. The first-order valence-electron chi connectivity index (χ1n) is 8.47. The Labute approximate surface area is 148 Å². The first-order valence-corrected chi connectivity index (χ1v) is 8.47. The SMILES string of the molecule is Cc1ccc(-c2ccnc(N[C@@H](C)Cc3ncccc3C)n2)c(C)n1. The molecule has 1 atom stereocenters. The van der Waals surface area contributed by atoms with Gasteiger partial charge in [-0.15, -0.1) is 0 Å². The van der Waals surface area contributed by atoms with Crippen LogP contribution in [0.3, 0.4) is 0 Å². The summed E-state index contributed by atoms with van der Waals surface area (Å²) in [5, 5.41) is 3.38. The van der Waals surface area contributed by atoms with Gasteiger partial charge in [0.05, 0.1) is 5.69 Å². The van der Waals surface area contributed by atoms with Gasteiger partial charge in [-0.05, 0) is 57.5 Å². The normalized spacial score (nSPS) is 12.0. The zero-order valence-electron chi connectivity index (χ0n) is 15.1. The van der Waals surface area contributed by atoms with E-state index in [0.29, 0.717) is 5.95 Å². The number of hydrogen-bond donors (Lipinski definition) is 1. The van der Waals surface area contributed by atoms with Crippen molar-refractivity contribution in [3.05, 3.63) is 65.4 Å². The highest BCUT2D eigenvalue weighted by atomic mass is 15.1. The van der Waals surface area contributed by atoms with E-state index in [4.69, 9.17) is 0 Å². The van der Waals surface area contributed by atoms with E-state index < -0.39 is 0 Å². The van der Waals surface area contributed by atoms with Gasteiger partial charge in [0.25, 0.3) is 0 Å². The largest absolute Gasteiger partial charge is 0.351 e. The molecule has 0 aromatic carbocycles. The van der Waals surface area contributed by atoms with Crippen molar-refractivity contribution in [1.29, 1.82) is 0 Å². The van der Waals surface area contributed by atoms with Crippen molar-refractivity contribution in [3.63, 3.8) is 0 Å². The number of aryl methyl sites for hydroxylation is 3. The predicted octanol–water partition coefficient (Wildman–Crippen LogP) is 3.90. The van der Waals surface area contributed by atoms with Crippen LogP contribution in [-0.2, 0) is 6.42 Å². The lowest BCUT2D eigenvalue weighted by Crippen LogP contribution is -2.21. The van der Waals surface area contributed by atoms with Gasteiger partial charge in [-0.2, -0.15) is 0 Å². The summed E-state index contributed by atoms with van der Waals surface area (Å²) in [4.78, 5) is 18.0. The molecule has 3 rings (SSSR count). The molecular weight excluding hydrogens is 310 g/mol. The fraction of sp³-hybridized carbons (Fsp3) is 0.300. The fourth-order valence-corrected chi connectivity index (χ4v) is 2.83. The summed E-state index contributed by atoms with van der Waals surface area (Å²) < 4.78 is 0. The quantitative estimate of drug-likeness (QED) is 0.767. The fourth-order valence-electron chi connectivity index (χ4n) is 2.83. The highest BCUT2D eigenvalue weighted by Crippen LogP contribution is 2.21. The standard InChI is InChI=1S/C20H23N5/c1-13-6-5-10-21-19(13)12-15(3)24-20-22-11-9-18(25-20)17-8-7-14(2)23-16(17)4/h5-11,15H,12H2,1-4H3,(H,22,24,25)/t15-/m0/s1. The van der Waals surface area contributed by atoms with Gasteiger partial charge in [-0.25, -0.2) is 9.97 Å². The molecule has 0 amide bonds. The summed E-state index contributed by atoms with van der Waals surface area (Å²) in [6.07, 6.45) is 4.44. The van der Waals surface area contributed by atoms with Gasteiger partial charge in [0.2, 0.25) is 5.95 Å². The van der Waals surface area contributed by atoms with Gasteiger partial charge in [0.1, 0.15) is 0 Å². The highest BCUT2D eigenvalue weighted by molar-refractivity contribution is 5.62. The molecule has 128 valence electrons. The van der Waals surface area contributed by atoms with Gasteiger partial charge in [-0.1, -0.05) is 6.07 Å². The van der Waals surface area contributed by atoms with E-state index in [9.17, 15) is 0 Å². The third kappa shape index (κ3) is 4.18. The minimum Gasteiger partial charge on any atom is -0.351 e. The van der Waals surface area contributed by atoms with Crippen LogP contribution in [0, 0.1) is 20.8 Å². The molecule has 0 aliphatic carbocycles. The molecule has 3 aromatic rings. The molecule has 25 heavy (non-hydrogen) atoms. The molecule has 3 aromatic heterocycles. The van der Waals surface area contributed by atoms with Crippen molar-refractivity contribution < 1.29 is 0 Å². The van der Waals surface area contributed by atoms with E-state index in [0.717, 1.165) is 34.8 Å². The monoisotopic (exact) mass is 333 g/mol. The van der Waals surface area contributed by atoms with E-state index in [1.807, 2.05) is 38.2 Å². The molecule has 1 N–H and O–H groups in total. The van der Waals surface area contributed by atoms with Crippen molar-refractivity contribution in [3.8, 4) is 11.3 Å². The predicted molar refractivity (Wildman–Crippen MR) is 100 cm³/mol. The maximum Gasteiger partial charge on any atom is 0.223 e. The van der Waals surface area contributed by atoms with E-state index in [1.54, 1.807) is 6.20 Å². The summed E-state index contributed by atoms with van der Waals surface area (Å²) in [7, 11) is 0. The van der Waals surface area contributed by atoms with Crippen molar-refractivity contribution in [2.24, 2.45) is 0 Å². The second-order valence-electron chi connectivity index (χ2n) is 6.37. The lowest BCUT2D eigenvalue weighted by molar-refractivity contribution is 0.754. The third-order valence-corrected chi connectivity index (χ3v) is 4.15. The maximum atomic E-state index is 4.65. The van der Waals surface area contributed by atoms with Gasteiger partial charge < -0.3 is 5.32 Å². The molecule has 0 bridgehead atoms. The van der Waals surface area contributed by atoms with Crippen LogP contribution >= 0.6 is 0 Å². The molecule has 0 spiro atoms. The number of hydrogen-bond acceptors (Lipinski definition) is 5. The minimum atomic E-state index is 0.182. The summed E-state index contributed by atoms with van der Waals surface area (Å²) in [6, 6.07) is 10.2. The topological polar surface area (TPSA) is 63.6 Å². The van der Waals surface area contributed by atoms with Crippen LogP contribution in [-0.4, -0.2) is 26.0 Å². The molecule has 0 aliphatic heterocycles. The van der Waals surface area contributed by atoms with Crippen molar-refractivity contribution in [1.82, 2.24) is 19.9 Å². The Bertz CT molecular complexity index is 875. The molecule has 0 aliphatic rings. The Balaban J connectivity index is 1.76. The molecule has 5 heteroatoms. The third-order valence-electron chi connectivity index (χ3n) is 4.15. The van der Waals surface area contributed by atoms with E-state index >= 15 is 0 Å². The molecule has 3 heterocycles. The van der Waals surface area contributed by atoms with Crippen LogP contribution in [0.4, 0.5) is 5.95 Å². The van der Waals surface area contributed by atoms with E-state index in [-0.39, 0.29) is 6.04 Å². The molecule has 0 unspecified atom stereocenters. The average Bonchev–Trinajstić information content (AvgIpc) is 2.57. The van der Waals surface area contributed by atoms with E-state index in [2.05, 4.69) is 51.2 Å². The molecule has 0 fully saturated rings. The molecule has 0 radical (unpaired) electrons.